The van der Waals surface area contributed by atoms with Crippen molar-refractivity contribution in [2.45, 2.75) is 6.18 Å². The van der Waals surface area contributed by atoms with Crippen molar-refractivity contribution < 1.29 is 32.6 Å². The topological polar surface area (TPSA) is 101 Å². The Kier molecular flexibility index (Phi) is 4.75. The van der Waals surface area contributed by atoms with Crippen molar-refractivity contribution in [1.82, 2.24) is 9.97 Å². The maximum Gasteiger partial charge on any atom is 0.411 e. The lowest BCUT2D eigenvalue weighted by Crippen LogP contribution is -2.25. The highest BCUT2D eigenvalue weighted by Gasteiger charge is 2.28. The monoisotopic (exact) mass is 279 g/mol. The molecular weight excluding hydrogens is 271 g/mol. The molecule has 0 atom stereocenters. The number of nitrogens with one attached hydrogen (secondary N) is 1. The Hall–Kier alpha value is -2.23. The molecule has 104 valence electrons. The zero-order valence-corrected chi connectivity index (χ0v) is 9.27. The normalized spacial score (nSPS) is 11.1. The van der Waals surface area contributed by atoms with E-state index in [2.05, 4.69) is 14.7 Å². The number of carboxylic acids is 1. The molecule has 0 unspecified atom stereocenters. The number of aromatic nitrogens is 2. The highest BCUT2D eigenvalue weighted by atomic mass is 19.4. The van der Waals surface area contributed by atoms with E-state index in [1.54, 1.807) is 0 Å². The smallest absolute Gasteiger partial charge is 0.411 e. The van der Waals surface area contributed by atoms with E-state index < -0.39 is 37.0 Å². The third-order valence-corrected chi connectivity index (χ3v) is 1.66. The number of aromatic carboxylic acids is 1. The number of carbonyl (C=O) groups excluding carboxylic acids is 1. The molecule has 1 amide bonds. The van der Waals surface area contributed by atoms with Gasteiger partial charge < -0.3 is 15.2 Å². The van der Waals surface area contributed by atoms with Crippen molar-refractivity contribution in [2.75, 3.05) is 18.5 Å². The fourth-order valence-electron chi connectivity index (χ4n) is 1.01. The van der Waals surface area contributed by atoms with Crippen LogP contribution in [0.15, 0.2) is 12.4 Å². The first kappa shape index (κ1) is 14.8. The maximum absolute atomic E-state index is 11.7. The van der Waals surface area contributed by atoms with Crippen LogP contribution in [-0.2, 0) is 9.53 Å². The van der Waals surface area contributed by atoms with Crippen LogP contribution in [0.5, 0.6) is 0 Å². The fourth-order valence-corrected chi connectivity index (χ4v) is 1.01. The Labute approximate surface area is 104 Å². The highest BCUT2D eigenvalue weighted by Crippen LogP contribution is 2.14. The molecule has 0 aromatic carbocycles. The molecule has 10 heteroatoms. The molecule has 0 saturated carbocycles. The van der Waals surface area contributed by atoms with Crippen LogP contribution in [0.25, 0.3) is 0 Å². The number of hydrogen-bond acceptors (Lipinski definition) is 5. The van der Waals surface area contributed by atoms with Crippen LogP contribution in [0.3, 0.4) is 0 Å². The molecule has 0 aliphatic rings. The molecular formula is C9H8F3N3O4. The minimum Gasteiger partial charge on any atom is -0.476 e. The Morgan fingerprint density at radius 1 is 1.32 bits per heavy atom. The van der Waals surface area contributed by atoms with E-state index in [0.29, 0.717) is 0 Å². The van der Waals surface area contributed by atoms with Gasteiger partial charge in [0.2, 0.25) is 0 Å². The van der Waals surface area contributed by atoms with Crippen molar-refractivity contribution in [2.24, 2.45) is 0 Å². The molecule has 0 saturated heterocycles. The average molecular weight is 279 g/mol. The first-order valence-electron chi connectivity index (χ1n) is 4.78. The van der Waals surface area contributed by atoms with E-state index in [4.69, 9.17) is 5.11 Å². The van der Waals surface area contributed by atoms with Gasteiger partial charge in [0.1, 0.15) is 13.2 Å². The molecule has 1 rings (SSSR count). The molecule has 7 nitrogen and oxygen atoms in total. The standard InChI is InChI=1S/C9H8F3N3O4/c10-9(11,12)4-19-3-5(16)15-7-6(8(17)18)13-1-2-14-7/h1-2H,3-4H2,(H,17,18)(H,14,15,16). The highest BCUT2D eigenvalue weighted by molar-refractivity contribution is 5.98. The van der Waals surface area contributed by atoms with Crippen LogP contribution in [0.2, 0.25) is 0 Å². The largest absolute Gasteiger partial charge is 0.476 e. The van der Waals surface area contributed by atoms with Gasteiger partial charge >= 0.3 is 12.1 Å². The summed E-state index contributed by atoms with van der Waals surface area (Å²) in [6.07, 6.45) is -2.32. The summed E-state index contributed by atoms with van der Waals surface area (Å²) >= 11 is 0. The summed E-state index contributed by atoms with van der Waals surface area (Å²) in [6.45, 7) is -2.46. The minimum absolute atomic E-state index is 0.365. The van der Waals surface area contributed by atoms with E-state index in [1.165, 1.54) is 0 Å². The summed E-state index contributed by atoms with van der Waals surface area (Å²) in [6, 6.07) is 0. The third-order valence-electron chi connectivity index (χ3n) is 1.66. The summed E-state index contributed by atoms with van der Waals surface area (Å²) in [5.74, 6) is -2.76. The average Bonchev–Trinajstić information content (AvgIpc) is 2.27. The Morgan fingerprint density at radius 2 is 1.95 bits per heavy atom. The quantitative estimate of drug-likeness (QED) is 0.822. The van der Waals surface area contributed by atoms with Crippen molar-refractivity contribution in [3.63, 3.8) is 0 Å². The molecule has 0 aliphatic carbocycles. The van der Waals surface area contributed by atoms with Gasteiger partial charge in [-0.3, -0.25) is 4.79 Å². The molecule has 0 spiro atoms. The summed E-state index contributed by atoms with van der Waals surface area (Å²) in [7, 11) is 0. The maximum atomic E-state index is 11.7. The number of amides is 1. The second-order valence-electron chi connectivity index (χ2n) is 3.21. The second-order valence-corrected chi connectivity index (χ2v) is 3.21. The first-order valence-corrected chi connectivity index (χ1v) is 4.78. The lowest BCUT2D eigenvalue weighted by Gasteiger charge is -2.08. The fraction of sp³-hybridized carbons (Fsp3) is 0.333. The van der Waals surface area contributed by atoms with Crippen LogP contribution in [0.1, 0.15) is 10.5 Å². The number of halogens is 3. The zero-order valence-electron chi connectivity index (χ0n) is 9.27. The summed E-state index contributed by atoms with van der Waals surface area (Å²) in [5, 5.41) is 10.7. The SMILES string of the molecule is O=C(COCC(F)(F)F)Nc1nccnc1C(=O)O. The van der Waals surface area contributed by atoms with Gasteiger partial charge in [0, 0.05) is 12.4 Å². The van der Waals surface area contributed by atoms with E-state index >= 15 is 0 Å². The lowest BCUT2D eigenvalue weighted by atomic mass is 10.4. The van der Waals surface area contributed by atoms with Crippen molar-refractivity contribution in [1.29, 1.82) is 0 Å². The number of carboxylic acid groups (broad SMARTS) is 1. The van der Waals surface area contributed by atoms with Gasteiger partial charge in [-0.2, -0.15) is 13.2 Å². The van der Waals surface area contributed by atoms with Gasteiger partial charge in [-0.1, -0.05) is 0 Å². The number of alkyl halides is 3. The summed E-state index contributed by atoms with van der Waals surface area (Å²) in [5.41, 5.74) is -0.522. The van der Waals surface area contributed by atoms with Gasteiger partial charge in [0.15, 0.2) is 11.5 Å². The number of ether oxygens (including phenoxy) is 1. The van der Waals surface area contributed by atoms with Crippen LogP contribution >= 0.6 is 0 Å². The van der Waals surface area contributed by atoms with Crippen LogP contribution in [-0.4, -0.2) is 46.3 Å². The number of carbonyl (C=O) groups is 2. The van der Waals surface area contributed by atoms with Crippen molar-refractivity contribution in [3.8, 4) is 0 Å². The zero-order chi connectivity index (χ0) is 14.5. The molecule has 1 aromatic rings. The van der Waals surface area contributed by atoms with Crippen molar-refractivity contribution >= 4 is 17.7 Å². The Morgan fingerprint density at radius 3 is 2.53 bits per heavy atom. The predicted molar refractivity (Wildman–Crippen MR) is 54.5 cm³/mol. The van der Waals surface area contributed by atoms with E-state index in [0.717, 1.165) is 12.4 Å². The minimum atomic E-state index is -4.54. The first-order chi connectivity index (χ1) is 8.79. The third kappa shape index (κ3) is 5.29. The predicted octanol–water partition coefficient (Wildman–Crippen LogP) is 0.692. The molecule has 0 radical (unpaired) electrons. The molecule has 1 heterocycles. The van der Waals surface area contributed by atoms with E-state index in [9.17, 15) is 22.8 Å². The van der Waals surface area contributed by atoms with Crippen LogP contribution in [0, 0.1) is 0 Å². The number of hydrogen-bond donors (Lipinski definition) is 2. The summed E-state index contributed by atoms with van der Waals surface area (Å²) < 4.78 is 39.3. The molecule has 0 fully saturated rings. The Bertz CT molecular complexity index is 478. The molecule has 0 bridgehead atoms. The van der Waals surface area contributed by atoms with Gasteiger partial charge in [0.25, 0.3) is 5.91 Å². The van der Waals surface area contributed by atoms with Gasteiger partial charge in [-0.15, -0.1) is 0 Å². The Balaban J connectivity index is 2.56. The van der Waals surface area contributed by atoms with E-state index in [-0.39, 0.29) is 5.82 Å². The lowest BCUT2D eigenvalue weighted by molar-refractivity contribution is -0.174. The van der Waals surface area contributed by atoms with Crippen molar-refractivity contribution in [3.05, 3.63) is 18.1 Å². The second kappa shape index (κ2) is 6.09. The molecule has 1 aromatic heterocycles. The van der Waals surface area contributed by atoms with Crippen LogP contribution in [0.4, 0.5) is 19.0 Å². The molecule has 19 heavy (non-hydrogen) atoms. The van der Waals surface area contributed by atoms with E-state index in [1.807, 2.05) is 5.32 Å². The number of rotatable bonds is 5. The van der Waals surface area contributed by atoms with Gasteiger partial charge in [-0.25, -0.2) is 14.8 Å². The number of nitrogens with zero attached hydrogens (tertiary/aromatic N) is 2. The molecule has 2 N–H and O–H groups in total. The summed E-state index contributed by atoms with van der Waals surface area (Å²) in [4.78, 5) is 28.9. The number of anilines is 1. The van der Waals surface area contributed by atoms with Gasteiger partial charge in [0.05, 0.1) is 0 Å². The molecule has 0 aliphatic heterocycles. The van der Waals surface area contributed by atoms with Gasteiger partial charge in [-0.05, 0) is 0 Å². The van der Waals surface area contributed by atoms with Crippen LogP contribution < -0.4 is 5.32 Å².